The molecule has 4 rings (SSSR count). The summed E-state index contributed by atoms with van der Waals surface area (Å²) in [7, 11) is 0. The number of nitrogens with one attached hydrogen (secondary N) is 1. The van der Waals surface area contributed by atoms with Crippen LogP contribution in [0.25, 0.3) is 17.0 Å². The number of hydrogen-bond donors (Lipinski definition) is 1. The van der Waals surface area contributed by atoms with Crippen molar-refractivity contribution in [1.29, 1.82) is 0 Å². The zero-order valence-electron chi connectivity index (χ0n) is 17.3. The number of amides is 1. The van der Waals surface area contributed by atoms with Gasteiger partial charge in [0.25, 0.3) is 0 Å². The number of nitrogens with zero attached hydrogens (tertiary/aromatic N) is 5. The van der Waals surface area contributed by atoms with Gasteiger partial charge in [0, 0.05) is 30.6 Å². The van der Waals surface area contributed by atoms with Crippen LogP contribution in [0.5, 0.6) is 0 Å². The van der Waals surface area contributed by atoms with Crippen LogP contribution in [0.15, 0.2) is 36.4 Å². The predicted octanol–water partition coefficient (Wildman–Crippen LogP) is 3.23. The van der Waals surface area contributed by atoms with Gasteiger partial charge in [0.15, 0.2) is 11.5 Å². The number of carbonyl (C=O) groups excluding carboxylic acids is 1. The minimum absolute atomic E-state index is 0.0850. The molecule has 3 heterocycles. The van der Waals surface area contributed by atoms with Crippen molar-refractivity contribution < 1.29 is 4.79 Å². The van der Waals surface area contributed by atoms with E-state index in [1.807, 2.05) is 28.8 Å². The third-order valence-corrected chi connectivity index (χ3v) is 5.72. The number of carbonyl (C=O) groups is 1. The number of rotatable bonds is 5. The fourth-order valence-electron chi connectivity index (χ4n) is 3.75. The Morgan fingerprint density at radius 3 is 2.72 bits per heavy atom. The molecule has 1 aromatic carbocycles. The van der Waals surface area contributed by atoms with Crippen LogP contribution >= 0.6 is 0 Å². The molecule has 7 nitrogen and oxygen atoms in total. The lowest BCUT2D eigenvalue weighted by Gasteiger charge is -2.32. The maximum atomic E-state index is 12.4. The molecule has 3 aromatic rings. The smallest absolute Gasteiger partial charge is 0.223 e. The number of piperidine rings is 1. The van der Waals surface area contributed by atoms with Crippen molar-refractivity contribution in [3.05, 3.63) is 42.0 Å². The maximum Gasteiger partial charge on any atom is 0.223 e. The molecule has 1 amide bonds. The monoisotopic (exact) mass is 392 g/mol. The van der Waals surface area contributed by atoms with Gasteiger partial charge in [-0.2, -0.15) is 4.52 Å². The average Bonchev–Trinajstić information content (AvgIpc) is 3.17. The van der Waals surface area contributed by atoms with E-state index in [0.29, 0.717) is 0 Å². The summed E-state index contributed by atoms with van der Waals surface area (Å²) in [6.07, 6.45) is 2.64. The molecule has 0 unspecified atom stereocenters. The van der Waals surface area contributed by atoms with E-state index >= 15 is 0 Å². The van der Waals surface area contributed by atoms with E-state index in [-0.39, 0.29) is 17.9 Å². The first-order valence-corrected chi connectivity index (χ1v) is 10.4. The van der Waals surface area contributed by atoms with Gasteiger partial charge in [-0.25, -0.2) is 0 Å². The Balaban J connectivity index is 1.51. The minimum atomic E-state index is 0.0850. The molecule has 2 aromatic heterocycles. The largest absolute Gasteiger partial charge is 0.355 e. The summed E-state index contributed by atoms with van der Waals surface area (Å²) in [6.45, 7) is 7.84. The summed E-state index contributed by atoms with van der Waals surface area (Å²) in [6, 6.07) is 12.4. The van der Waals surface area contributed by atoms with Crippen molar-refractivity contribution in [1.82, 2.24) is 25.1 Å². The van der Waals surface area contributed by atoms with Crippen molar-refractivity contribution in [2.45, 2.75) is 46.1 Å². The lowest BCUT2D eigenvalue weighted by Crippen LogP contribution is -2.43. The molecule has 0 radical (unpaired) electrons. The number of hydrogen-bond acceptors (Lipinski definition) is 5. The van der Waals surface area contributed by atoms with E-state index in [2.05, 4.69) is 53.3 Å². The Kier molecular flexibility index (Phi) is 5.47. The van der Waals surface area contributed by atoms with Gasteiger partial charge in [-0.05, 0) is 51.3 Å². The first-order valence-electron chi connectivity index (χ1n) is 10.4. The molecule has 1 saturated heterocycles. The summed E-state index contributed by atoms with van der Waals surface area (Å²) in [5.74, 6) is 1.91. The molecular weight excluding hydrogens is 364 g/mol. The highest BCUT2D eigenvalue weighted by Gasteiger charge is 2.26. The molecule has 1 aliphatic rings. The summed E-state index contributed by atoms with van der Waals surface area (Å²) in [5.41, 5.74) is 2.91. The normalized spacial score (nSPS) is 16.2. The van der Waals surface area contributed by atoms with Gasteiger partial charge in [-0.1, -0.05) is 30.7 Å². The van der Waals surface area contributed by atoms with Crippen LogP contribution in [0.4, 0.5) is 5.82 Å². The highest BCUT2D eigenvalue weighted by Crippen LogP contribution is 2.24. The van der Waals surface area contributed by atoms with E-state index in [1.54, 1.807) is 0 Å². The first-order chi connectivity index (χ1) is 14.0. The second-order valence-electron chi connectivity index (χ2n) is 7.93. The third kappa shape index (κ3) is 4.09. The van der Waals surface area contributed by atoms with Gasteiger partial charge in [-0.15, -0.1) is 15.3 Å². The molecule has 1 atom stereocenters. The fourth-order valence-corrected chi connectivity index (χ4v) is 3.75. The molecule has 1 N–H and O–H groups in total. The van der Waals surface area contributed by atoms with Crippen LogP contribution in [0.2, 0.25) is 0 Å². The van der Waals surface area contributed by atoms with Gasteiger partial charge in [-0.3, -0.25) is 4.79 Å². The van der Waals surface area contributed by atoms with E-state index in [0.717, 1.165) is 55.2 Å². The first kappa shape index (κ1) is 19.4. The van der Waals surface area contributed by atoms with Gasteiger partial charge < -0.3 is 10.2 Å². The Morgan fingerprint density at radius 2 is 2.00 bits per heavy atom. The molecule has 152 valence electrons. The average molecular weight is 393 g/mol. The van der Waals surface area contributed by atoms with E-state index in [1.165, 1.54) is 5.56 Å². The number of benzene rings is 1. The predicted molar refractivity (Wildman–Crippen MR) is 114 cm³/mol. The van der Waals surface area contributed by atoms with Gasteiger partial charge >= 0.3 is 0 Å². The Bertz CT molecular complexity index is 1010. The van der Waals surface area contributed by atoms with Gasteiger partial charge in [0.05, 0.1) is 0 Å². The van der Waals surface area contributed by atoms with Gasteiger partial charge in [0.2, 0.25) is 5.91 Å². The minimum Gasteiger partial charge on any atom is -0.355 e. The number of anilines is 1. The van der Waals surface area contributed by atoms with Crippen molar-refractivity contribution in [2.24, 2.45) is 5.92 Å². The van der Waals surface area contributed by atoms with Crippen molar-refractivity contribution in [2.75, 3.05) is 18.0 Å². The summed E-state index contributed by atoms with van der Waals surface area (Å²) in [5, 5.41) is 16.5. The second kappa shape index (κ2) is 8.19. The summed E-state index contributed by atoms with van der Waals surface area (Å²) in [4.78, 5) is 14.7. The van der Waals surface area contributed by atoms with E-state index in [4.69, 9.17) is 5.10 Å². The Labute approximate surface area is 171 Å². The molecule has 0 saturated carbocycles. The second-order valence-corrected chi connectivity index (χ2v) is 7.93. The van der Waals surface area contributed by atoms with Crippen molar-refractivity contribution in [3.63, 3.8) is 0 Å². The zero-order chi connectivity index (χ0) is 20.4. The number of aryl methyl sites for hydroxylation is 1. The third-order valence-electron chi connectivity index (χ3n) is 5.72. The maximum absolute atomic E-state index is 12.4. The molecule has 0 spiro atoms. The Hall–Kier alpha value is -2.96. The molecule has 1 aliphatic heterocycles. The van der Waals surface area contributed by atoms with Crippen LogP contribution in [0, 0.1) is 12.8 Å². The number of fused-ring (bicyclic) bond motifs is 1. The quantitative estimate of drug-likeness (QED) is 0.721. The molecule has 1 fully saturated rings. The fraction of sp³-hybridized carbons (Fsp3) is 0.455. The van der Waals surface area contributed by atoms with Crippen LogP contribution < -0.4 is 10.2 Å². The number of aromatic nitrogens is 4. The SMILES string of the molecule is CC[C@H](C)NC(=O)C1CCN(c2ccc3nnc(-c4cccc(C)c4)n3n2)CC1. The van der Waals surface area contributed by atoms with Crippen LogP contribution in [-0.4, -0.2) is 44.8 Å². The van der Waals surface area contributed by atoms with Crippen molar-refractivity contribution in [3.8, 4) is 11.4 Å². The highest BCUT2D eigenvalue weighted by atomic mass is 16.1. The molecule has 7 heteroatoms. The van der Waals surface area contributed by atoms with Crippen LogP contribution in [0.3, 0.4) is 0 Å². The van der Waals surface area contributed by atoms with Crippen molar-refractivity contribution >= 4 is 17.4 Å². The topological polar surface area (TPSA) is 75.4 Å². The highest BCUT2D eigenvalue weighted by molar-refractivity contribution is 5.79. The lowest BCUT2D eigenvalue weighted by molar-refractivity contribution is -0.126. The standard InChI is InChI=1S/C22H28N6O/c1-4-16(3)23-22(29)17-10-12-27(13-11-17)20-9-8-19-24-25-21(28(19)26-20)18-7-5-6-15(2)14-18/h5-9,14,16-17H,4,10-13H2,1-3H3,(H,23,29)/t16-/m0/s1. The zero-order valence-corrected chi connectivity index (χ0v) is 17.3. The van der Waals surface area contributed by atoms with Crippen LogP contribution in [0.1, 0.15) is 38.7 Å². The molecule has 0 bridgehead atoms. The molecular formula is C22H28N6O. The van der Waals surface area contributed by atoms with E-state index in [9.17, 15) is 4.79 Å². The lowest BCUT2D eigenvalue weighted by atomic mass is 9.95. The summed E-state index contributed by atoms with van der Waals surface area (Å²) >= 11 is 0. The van der Waals surface area contributed by atoms with Crippen LogP contribution in [-0.2, 0) is 4.79 Å². The van der Waals surface area contributed by atoms with Gasteiger partial charge in [0.1, 0.15) is 5.82 Å². The molecule has 29 heavy (non-hydrogen) atoms. The molecule has 0 aliphatic carbocycles. The Morgan fingerprint density at radius 1 is 1.21 bits per heavy atom. The van der Waals surface area contributed by atoms with E-state index < -0.39 is 0 Å². The summed E-state index contributed by atoms with van der Waals surface area (Å²) < 4.78 is 1.81.